The monoisotopic (exact) mass is 294 g/mol. The van der Waals surface area contributed by atoms with Crippen molar-refractivity contribution in [2.45, 2.75) is 70.8 Å². The normalized spacial score (nSPS) is 13.6. The summed E-state index contributed by atoms with van der Waals surface area (Å²) in [6.07, 6.45) is 19.5. The SMILES string of the molecule is CCC\C=C/C=C\C=C\C(O)CCCCCCCC(=O)O. The van der Waals surface area contributed by atoms with E-state index in [9.17, 15) is 9.90 Å². The number of rotatable bonds is 13. The molecule has 0 aliphatic rings. The van der Waals surface area contributed by atoms with Crippen molar-refractivity contribution in [3.05, 3.63) is 36.5 Å². The summed E-state index contributed by atoms with van der Waals surface area (Å²) in [6.45, 7) is 2.15. The van der Waals surface area contributed by atoms with Crippen LogP contribution in [0.2, 0.25) is 0 Å². The third kappa shape index (κ3) is 16.6. The summed E-state index contributed by atoms with van der Waals surface area (Å²) in [5.41, 5.74) is 0. The number of hydrogen-bond donors (Lipinski definition) is 2. The highest BCUT2D eigenvalue weighted by atomic mass is 16.4. The van der Waals surface area contributed by atoms with Gasteiger partial charge in [0.15, 0.2) is 0 Å². The van der Waals surface area contributed by atoms with Gasteiger partial charge in [-0.2, -0.15) is 0 Å². The maximum absolute atomic E-state index is 10.3. The second-order valence-corrected chi connectivity index (χ2v) is 5.25. The van der Waals surface area contributed by atoms with Gasteiger partial charge in [-0.05, 0) is 19.3 Å². The van der Waals surface area contributed by atoms with E-state index in [1.54, 1.807) is 0 Å². The number of unbranched alkanes of at least 4 members (excludes halogenated alkanes) is 5. The molecule has 1 unspecified atom stereocenters. The van der Waals surface area contributed by atoms with Crippen LogP contribution in [0.5, 0.6) is 0 Å². The molecular weight excluding hydrogens is 264 g/mol. The van der Waals surface area contributed by atoms with Gasteiger partial charge < -0.3 is 10.2 Å². The van der Waals surface area contributed by atoms with Crippen LogP contribution in [0.4, 0.5) is 0 Å². The highest BCUT2D eigenvalue weighted by Crippen LogP contribution is 2.09. The fourth-order valence-corrected chi connectivity index (χ4v) is 1.92. The Morgan fingerprint density at radius 3 is 2.38 bits per heavy atom. The quantitative estimate of drug-likeness (QED) is 0.384. The third-order valence-corrected chi connectivity index (χ3v) is 3.15. The number of carboxylic acid groups (broad SMARTS) is 1. The van der Waals surface area contributed by atoms with Gasteiger partial charge in [-0.25, -0.2) is 0 Å². The molecule has 0 fully saturated rings. The molecule has 0 aromatic heterocycles. The molecule has 0 aliphatic heterocycles. The van der Waals surface area contributed by atoms with Gasteiger partial charge in [0, 0.05) is 6.42 Å². The average molecular weight is 294 g/mol. The van der Waals surface area contributed by atoms with Crippen molar-refractivity contribution in [3.8, 4) is 0 Å². The molecule has 0 heterocycles. The van der Waals surface area contributed by atoms with Gasteiger partial charge in [-0.15, -0.1) is 0 Å². The Morgan fingerprint density at radius 1 is 1.00 bits per heavy atom. The minimum absolute atomic E-state index is 0.268. The molecule has 120 valence electrons. The van der Waals surface area contributed by atoms with Crippen LogP contribution in [0.3, 0.4) is 0 Å². The van der Waals surface area contributed by atoms with Crippen LogP contribution in [-0.2, 0) is 4.79 Å². The topological polar surface area (TPSA) is 57.5 Å². The molecule has 1 atom stereocenters. The van der Waals surface area contributed by atoms with Gasteiger partial charge in [0.25, 0.3) is 0 Å². The molecule has 0 rings (SSSR count). The van der Waals surface area contributed by atoms with Crippen LogP contribution in [0.1, 0.15) is 64.7 Å². The van der Waals surface area contributed by atoms with E-state index >= 15 is 0 Å². The number of allylic oxidation sites excluding steroid dienone is 5. The minimum atomic E-state index is -0.715. The van der Waals surface area contributed by atoms with Gasteiger partial charge in [-0.3, -0.25) is 4.79 Å². The molecule has 0 bridgehead atoms. The van der Waals surface area contributed by atoms with E-state index < -0.39 is 5.97 Å². The molecule has 0 aromatic carbocycles. The Bertz CT molecular complexity index is 329. The summed E-state index contributed by atoms with van der Waals surface area (Å²) in [4.78, 5) is 10.3. The molecule has 0 aliphatic carbocycles. The lowest BCUT2D eigenvalue weighted by molar-refractivity contribution is -0.137. The zero-order valence-corrected chi connectivity index (χ0v) is 13.2. The lowest BCUT2D eigenvalue weighted by Crippen LogP contribution is -2.01. The van der Waals surface area contributed by atoms with E-state index in [2.05, 4.69) is 13.0 Å². The second-order valence-electron chi connectivity index (χ2n) is 5.25. The Hall–Kier alpha value is -1.35. The van der Waals surface area contributed by atoms with Crippen LogP contribution < -0.4 is 0 Å². The minimum Gasteiger partial charge on any atom is -0.481 e. The molecule has 0 saturated carbocycles. The number of aliphatic hydroxyl groups is 1. The van der Waals surface area contributed by atoms with Crippen molar-refractivity contribution in [2.24, 2.45) is 0 Å². The van der Waals surface area contributed by atoms with Crippen molar-refractivity contribution < 1.29 is 15.0 Å². The summed E-state index contributed by atoms with van der Waals surface area (Å²) in [6, 6.07) is 0. The maximum Gasteiger partial charge on any atom is 0.303 e. The van der Waals surface area contributed by atoms with Crippen LogP contribution in [0, 0.1) is 0 Å². The molecule has 3 nitrogen and oxygen atoms in total. The molecule has 21 heavy (non-hydrogen) atoms. The predicted octanol–water partition coefficient (Wildman–Crippen LogP) is 4.63. The molecule has 2 N–H and O–H groups in total. The van der Waals surface area contributed by atoms with E-state index in [1.165, 1.54) is 0 Å². The highest BCUT2D eigenvalue weighted by Gasteiger charge is 1.99. The van der Waals surface area contributed by atoms with Crippen molar-refractivity contribution in [1.82, 2.24) is 0 Å². The van der Waals surface area contributed by atoms with E-state index in [0.717, 1.165) is 51.4 Å². The number of aliphatic hydroxyl groups excluding tert-OH is 1. The lowest BCUT2D eigenvalue weighted by atomic mass is 10.1. The molecule has 0 saturated heterocycles. The molecule has 0 aromatic rings. The molecular formula is C18H30O3. The third-order valence-electron chi connectivity index (χ3n) is 3.15. The molecule has 0 amide bonds. The van der Waals surface area contributed by atoms with Crippen LogP contribution >= 0.6 is 0 Å². The van der Waals surface area contributed by atoms with E-state index in [-0.39, 0.29) is 12.5 Å². The predicted molar refractivity (Wildman–Crippen MR) is 88.3 cm³/mol. The van der Waals surface area contributed by atoms with Gasteiger partial charge >= 0.3 is 5.97 Å². The van der Waals surface area contributed by atoms with Crippen molar-refractivity contribution >= 4 is 5.97 Å². The van der Waals surface area contributed by atoms with Crippen molar-refractivity contribution in [2.75, 3.05) is 0 Å². The molecule has 3 heteroatoms. The van der Waals surface area contributed by atoms with Crippen LogP contribution in [0.25, 0.3) is 0 Å². The zero-order chi connectivity index (χ0) is 15.8. The zero-order valence-electron chi connectivity index (χ0n) is 13.2. The fourth-order valence-electron chi connectivity index (χ4n) is 1.92. The Morgan fingerprint density at radius 2 is 1.67 bits per heavy atom. The number of hydrogen-bond acceptors (Lipinski definition) is 2. The first-order valence-electron chi connectivity index (χ1n) is 8.06. The van der Waals surface area contributed by atoms with Gasteiger partial charge in [-0.1, -0.05) is 75.5 Å². The summed E-state index contributed by atoms with van der Waals surface area (Å²) in [7, 11) is 0. The Kier molecular flexibility index (Phi) is 14.1. The number of carboxylic acids is 1. The Balaban J connectivity index is 3.48. The van der Waals surface area contributed by atoms with Gasteiger partial charge in [0.05, 0.1) is 6.10 Å². The maximum atomic E-state index is 10.3. The largest absolute Gasteiger partial charge is 0.481 e. The molecule has 0 radical (unpaired) electrons. The van der Waals surface area contributed by atoms with Crippen LogP contribution in [-0.4, -0.2) is 22.3 Å². The molecule has 0 spiro atoms. The summed E-state index contributed by atoms with van der Waals surface area (Å²) < 4.78 is 0. The average Bonchev–Trinajstić information content (AvgIpc) is 2.45. The summed E-state index contributed by atoms with van der Waals surface area (Å²) in [5, 5.41) is 18.3. The van der Waals surface area contributed by atoms with Gasteiger partial charge in [0.2, 0.25) is 0 Å². The smallest absolute Gasteiger partial charge is 0.303 e. The second kappa shape index (κ2) is 15.0. The fraction of sp³-hybridized carbons (Fsp3) is 0.611. The lowest BCUT2D eigenvalue weighted by Gasteiger charge is -2.04. The van der Waals surface area contributed by atoms with E-state index in [1.807, 2.05) is 30.4 Å². The van der Waals surface area contributed by atoms with Crippen molar-refractivity contribution in [1.29, 1.82) is 0 Å². The summed E-state index contributed by atoms with van der Waals surface area (Å²) >= 11 is 0. The first-order valence-corrected chi connectivity index (χ1v) is 8.06. The van der Waals surface area contributed by atoms with Gasteiger partial charge in [0.1, 0.15) is 0 Å². The van der Waals surface area contributed by atoms with Crippen LogP contribution in [0.15, 0.2) is 36.5 Å². The first kappa shape index (κ1) is 19.7. The first-order chi connectivity index (χ1) is 10.2. The van der Waals surface area contributed by atoms with E-state index in [0.29, 0.717) is 0 Å². The Labute approximate surface area is 129 Å². The standard InChI is InChI=1S/C18H30O3/c1-2-3-4-5-6-8-11-14-17(19)15-12-9-7-10-13-16-18(20)21/h4-6,8,11,14,17,19H,2-3,7,9-10,12-13,15-16H2,1H3,(H,20,21)/b5-4-,8-6-,14-11+. The highest BCUT2D eigenvalue weighted by molar-refractivity contribution is 5.66. The number of aliphatic carboxylic acids is 1. The van der Waals surface area contributed by atoms with E-state index in [4.69, 9.17) is 5.11 Å². The summed E-state index contributed by atoms with van der Waals surface area (Å²) in [5.74, 6) is -0.715. The number of carbonyl (C=O) groups is 1. The van der Waals surface area contributed by atoms with Crippen molar-refractivity contribution in [3.63, 3.8) is 0 Å².